The zero-order chi connectivity index (χ0) is 9.84. The molecule has 0 fully saturated rings. The fourth-order valence-electron chi connectivity index (χ4n) is 0.868. The number of alkyl halides is 1. The smallest absolute Gasteiger partial charge is 0.304 e. The van der Waals surface area contributed by atoms with Gasteiger partial charge in [0.05, 0.1) is 0 Å². The van der Waals surface area contributed by atoms with E-state index in [1.54, 1.807) is 18.2 Å². The first-order valence-corrected chi connectivity index (χ1v) is 4.58. The maximum absolute atomic E-state index is 13.1. The molecule has 0 N–H and O–H groups in total. The molecule has 0 bridgehead atoms. The number of benzene rings is 1. The monoisotopic (exact) mass is 246 g/mol. The lowest BCUT2D eigenvalue weighted by atomic mass is 10.2. The third-order valence-electron chi connectivity index (χ3n) is 1.42. The van der Waals surface area contributed by atoms with Crippen molar-refractivity contribution in [1.29, 1.82) is 0 Å². The zero-order valence-corrected chi connectivity index (χ0v) is 8.55. The van der Waals surface area contributed by atoms with Crippen LogP contribution in [-0.2, 0) is 9.53 Å². The van der Waals surface area contributed by atoms with Crippen molar-refractivity contribution < 1.29 is 13.9 Å². The van der Waals surface area contributed by atoms with E-state index in [0.29, 0.717) is 5.56 Å². The topological polar surface area (TPSA) is 26.3 Å². The minimum absolute atomic E-state index is 0.317. The van der Waals surface area contributed by atoms with Crippen molar-refractivity contribution in [3.05, 3.63) is 35.6 Å². The highest BCUT2D eigenvalue weighted by molar-refractivity contribution is 9.09. The van der Waals surface area contributed by atoms with E-state index in [-0.39, 0.29) is 0 Å². The first kappa shape index (κ1) is 10.2. The average Bonchev–Trinajstić information content (AvgIpc) is 2.03. The predicted octanol–water partition coefficient (Wildman–Crippen LogP) is 2.78. The van der Waals surface area contributed by atoms with Gasteiger partial charge in [-0.05, 0) is 22.0 Å². The predicted molar refractivity (Wildman–Crippen MR) is 49.8 cm³/mol. The molecule has 0 amide bonds. The Morgan fingerprint density at radius 1 is 1.54 bits per heavy atom. The highest BCUT2D eigenvalue weighted by Crippen LogP contribution is 2.26. The van der Waals surface area contributed by atoms with Crippen molar-refractivity contribution in [2.24, 2.45) is 0 Å². The van der Waals surface area contributed by atoms with Crippen molar-refractivity contribution in [1.82, 2.24) is 0 Å². The quantitative estimate of drug-likeness (QED) is 0.593. The first-order chi connectivity index (χ1) is 6.11. The number of carbonyl (C=O) groups is 1. The van der Waals surface area contributed by atoms with E-state index in [1.165, 1.54) is 13.0 Å². The van der Waals surface area contributed by atoms with Gasteiger partial charge < -0.3 is 4.74 Å². The van der Waals surface area contributed by atoms with Gasteiger partial charge in [0.15, 0.2) is 5.01 Å². The minimum atomic E-state index is -0.716. The fraction of sp³-hybridized carbons (Fsp3) is 0.222. The summed E-state index contributed by atoms with van der Waals surface area (Å²) in [5, 5.41) is -0.716. The van der Waals surface area contributed by atoms with Gasteiger partial charge >= 0.3 is 5.97 Å². The van der Waals surface area contributed by atoms with E-state index in [0.717, 1.165) is 0 Å². The molecule has 1 unspecified atom stereocenters. The van der Waals surface area contributed by atoms with Crippen LogP contribution in [0.15, 0.2) is 24.3 Å². The lowest BCUT2D eigenvalue weighted by Gasteiger charge is -2.10. The van der Waals surface area contributed by atoms with Gasteiger partial charge in [0, 0.05) is 12.5 Å². The van der Waals surface area contributed by atoms with E-state index in [1.807, 2.05) is 0 Å². The summed E-state index contributed by atoms with van der Waals surface area (Å²) in [6.07, 6.45) is 0. The molecule has 0 saturated carbocycles. The Balaban J connectivity index is 2.82. The van der Waals surface area contributed by atoms with Crippen LogP contribution >= 0.6 is 15.9 Å². The minimum Gasteiger partial charge on any atom is -0.446 e. The summed E-state index contributed by atoms with van der Waals surface area (Å²) in [5.41, 5.74) is 0.317. The lowest BCUT2D eigenvalue weighted by Crippen LogP contribution is -2.03. The summed E-state index contributed by atoms with van der Waals surface area (Å²) in [7, 11) is 0. The second-order valence-electron chi connectivity index (χ2n) is 2.45. The largest absolute Gasteiger partial charge is 0.446 e. The summed E-state index contributed by atoms with van der Waals surface area (Å²) in [6, 6.07) is 6.12. The number of ether oxygens (including phenoxy) is 1. The van der Waals surface area contributed by atoms with Gasteiger partial charge in [0.2, 0.25) is 0 Å². The molecule has 0 saturated heterocycles. The molecule has 0 aliphatic carbocycles. The molecular weight excluding hydrogens is 239 g/mol. The van der Waals surface area contributed by atoms with E-state index in [4.69, 9.17) is 4.74 Å². The van der Waals surface area contributed by atoms with Crippen LogP contribution in [0.1, 0.15) is 17.5 Å². The molecule has 1 rings (SSSR count). The summed E-state index contributed by atoms with van der Waals surface area (Å²) in [6.45, 7) is 1.27. The molecule has 0 aliphatic heterocycles. The van der Waals surface area contributed by atoms with Gasteiger partial charge in [-0.15, -0.1) is 0 Å². The second-order valence-corrected chi connectivity index (χ2v) is 3.28. The van der Waals surface area contributed by atoms with Crippen LogP contribution in [0.2, 0.25) is 0 Å². The van der Waals surface area contributed by atoms with Gasteiger partial charge in [-0.2, -0.15) is 0 Å². The van der Waals surface area contributed by atoms with Crippen LogP contribution in [0.5, 0.6) is 0 Å². The second kappa shape index (κ2) is 4.37. The Kier molecular flexibility index (Phi) is 3.42. The summed E-state index contributed by atoms with van der Waals surface area (Å²) in [4.78, 5) is 10.6. The average molecular weight is 247 g/mol. The van der Waals surface area contributed by atoms with Gasteiger partial charge in [-0.3, -0.25) is 4.79 Å². The molecule has 2 nitrogen and oxygen atoms in total. The van der Waals surface area contributed by atoms with Crippen LogP contribution in [0.3, 0.4) is 0 Å². The fourth-order valence-corrected chi connectivity index (χ4v) is 1.50. The van der Waals surface area contributed by atoms with Crippen LogP contribution in [0.4, 0.5) is 4.39 Å². The summed E-state index contributed by atoms with van der Waals surface area (Å²) >= 11 is 3.05. The summed E-state index contributed by atoms with van der Waals surface area (Å²) in [5.74, 6) is -0.851. The number of carbonyl (C=O) groups excluding carboxylic acids is 1. The Bertz CT molecular complexity index is 314. The Labute approximate surface area is 83.8 Å². The van der Waals surface area contributed by atoms with Crippen molar-refractivity contribution in [3.63, 3.8) is 0 Å². The molecule has 0 aromatic heterocycles. The normalized spacial score (nSPS) is 12.2. The summed E-state index contributed by atoms with van der Waals surface area (Å²) < 4.78 is 17.8. The van der Waals surface area contributed by atoms with Crippen molar-refractivity contribution in [2.45, 2.75) is 11.9 Å². The molecular formula is C9H8BrFO2. The highest BCUT2D eigenvalue weighted by atomic mass is 79.9. The Hall–Kier alpha value is -0.900. The number of rotatable bonds is 2. The van der Waals surface area contributed by atoms with Gasteiger partial charge in [0.25, 0.3) is 0 Å². The van der Waals surface area contributed by atoms with Gasteiger partial charge in [-0.1, -0.05) is 18.2 Å². The number of esters is 1. The molecule has 0 radical (unpaired) electrons. The highest BCUT2D eigenvalue weighted by Gasteiger charge is 2.13. The molecule has 0 spiro atoms. The van der Waals surface area contributed by atoms with E-state index in [9.17, 15) is 9.18 Å². The van der Waals surface area contributed by atoms with Gasteiger partial charge in [0.1, 0.15) is 5.82 Å². The molecule has 1 aromatic rings. The van der Waals surface area contributed by atoms with E-state index in [2.05, 4.69) is 15.9 Å². The molecule has 13 heavy (non-hydrogen) atoms. The maximum Gasteiger partial charge on any atom is 0.304 e. The zero-order valence-electron chi connectivity index (χ0n) is 6.96. The first-order valence-electron chi connectivity index (χ1n) is 3.67. The van der Waals surface area contributed by atoms with Crippen LogP contribution < -0.4 is 0 Å². The molecule has 1 aromatic carbocycles. The number of halogens is 2. The van der Waals surface area contributed by atoms with Gasteiger partial charge in [-0.25, -0.2) is 4.39 Å². The number of hydrogen-bond donors (Lipinski definition) is 0. The van der Waals surface area contributed by atoms with Crippen molar-refractivity contribution >= 4 is 21.9 Å². The van der Waals surface area contributed by atoms with Crippen molar-refractivity contribution in [3.8, 4) is 0 Å². The van der Waals surface area contributed by atoms with E-state index >= 15 is 0 Å². The number of hydrogen-bond acceptors (Lipinski definition) is 2. The maximum atomic E-state index is 13.1. The lowest BCUT2D eigenvalue weighted by molar-refractivity contribution is -0.142. The van der Waals surface area contributed by atoms with Crippen LogP contribution in [-0.4, -0.2) is 5.97 Å². The molecule has 1 atom stereocenters. The van der Waals surface area contributed by atoms with E-state index < -0.39 is 16.8 Å². The molecule has 4 heteroatoms. The Morgan fingerprint density at radius 2 is 2.15 bits per heavy atom. The third kappa shape index (κ3) is 2.81. The van der Waals surface area contributed by atoms with Crippen LogP contribution in [0, 0.1) is 5.82 Å². The molecule has 0 heterocycles. The third-order valence-corrected chi connectivity index (χ3v) is 2.10. The molecule has 0 aliphatic rings. The van der Waals surface area contributed by atoms with Crippen LogP contribution in [0.25, 0.3) is 0 Å². The molecule has 70 valence electrons. The SMILES string of the molecule is CC(=O)OC(Br)c1ccccc1F. The Morgan fingerprint density at radius 3 is 2.69 bits per heavy atom. The van der Waals surface area contributed by atoms with Crippen molar-refractivity contribution in [2.75, 3.05) is 0 Å². The standard InChI is InChI=1S/C9H8BrFO2/c1-6(12)13-9(10)7-4-2-3-5-8(7)11/h2-5,9H,1H3.